The van der Waals surface area contributed by atoms with Crippen LogP contribution in [0.15, 0.2) is 35.4 Å². The SMILES string of the molecule is O=c1ccc2cnccc2[nH]1. The number of fused-ring (bicyclic) bond motifs is 1. The molecule has 2 heterocycles. The predicted octanol–water partition coefficient (Wildman–Crippen LogP) is 0.923. The van der Waals surface area contributed by atoms with Crippen molar-refractivity contribution in [1.82, 2.24) is 9.97 Å². The summed E-state index contributed by atoms with van der Waals surface area (Å²) in [5, 5.41) is 0.951. The van der Waals surface area contributed by atoms with Gasteiger partial charge in [-0.05, 0) is 12.1 Å². The fraction of sp³-hybridized carbons (Fsp3) is 0. The number of hydrogen-bond donors (Lipinski definition) is 1. The van der Waals surface area contributed by atoms with E-state index in [9.17, 15) is 4.79 Å². The molecule has 11 heavy (non-hydrogen) atoms. The van der Waals surface area contributed by atoms with Crippen molar-refractivity contribution < 1.29 is 0 Å². The summed E-state index contributed by atoms with van der Waals surface area (Å²) >= 11 is 0. The van der Waals surface area contributed by atoms with Crippen molar-refractivity contribution in [2.45, 2.75) is 0 Å². The van der Waals surface area contributed by atoms with Gasteiger partial charge in [-0.25, -0.2) is 0 Å². The Balaban J connectivity index is 2.94. The summed E-state index contributed by atoms with van der Waals surface area (Å²) in [6.07, 6.45) is 3.36. The second-order valence-electron chi connectivity index (χ2n) is 2.29. The maximum Gasteiger partial charge on any atom is 0.248 e. The van der Waals surface area contributed by atoms with Gasteiger partial charge in [0.15, 0.2) is 0 Å². The van der Waals surface area contributed by atoms with E-state index >= 15 is 0 Å². The van der Waals surface area contributed by atoms with E-state index in [1.807, 2.05) is 0 Å². The van der Waals surface area contributed by atoms with Gasteiger partial charge in [0.1, 0.15) is 0 Å². The number of pyridine rings is 2. The first-order valence-corrected chi connectivity index (χ1v) is 3.29. The van der Waals surface area contributed by atoms with Crippen LogP contribution >= 0.6 is 0 Å². The molecule has 54 valence electrons. The van der Waals surface area contributed by atoms with Crippen LogP contribution in [0.25, 0.3) is 10.9 Å². The molecule has 0 radical (unpaired) electrons. The van der Waals surface area contributed by atoms with E-state index in [-0.39, 0.29) is 5.56 Å². The quantitative estimate of drug-likeness (QED) is 0.600. The molecule has 0 bridgehead atoms. The lowest BCUT2D eigenvalue weighted by molar-refractivity contribution is 1.28. The molecule has 0 amide bonds. The maximum atomic E-state index is 10.8. The average molecular weight is 146 g/mol. The van der Waals surface area contributed by atoms with Crippen LogP contribution in [0.5, 0.6) is 0 Å². The monoisotopic (exact) mass is 146 g/mol. The highest BCUT2D eigenvalue weighted by Crippen LogP contribution is 2.04. The number of H-pyrrole nitrogens is 1. The highest BCUT2D eigenvalue weighted by atomic mass is 16.1. The van der Waals surface area contributed by atoms with E-state index in [1.54, 1.807) is 24.5 Å². The van der Waals surface area contributed by atoms with Crippen LogP contribution in [0.3, 0.4) is 0 Å². The van der Waals surface area contributed by atoms with Crippen molar-refractivity contribution in [3.05, 3.63) is 40.9 Å². The van der Waals surface area contributed by atoms with Gasteiger partial charge in [-0.15, -0.1) is 0 Å². The Bertz CT molecular complexity index is 433. The Morgan fingerprint density at radius 2 is 2.18 bits per heavy atom. The zero-order valence-electron chi connectivity index (χ0n) is 5.74. The van der Waals surface area contributed by atoms with Crippen LogP contribution in [-0.4, -0.2) is 9.97 Å². The zero-order valence-corrected chi connectivity index (χ0v) is 5.74. The van der Waals surface area contributed by atoms with Gasteiger partial charge in [-0.2, -0.15) is 0 Å². The second kappa shape index (κ2) is 2.20. The van der Waals surface area contributed by atoms with E-state index in [4.69, 9.17) is 0 Å². The third-order valence-corrected chi connectivity index (χ3v) is 1.52. The lowest BCUT2D eigenvalue weighted by Crippen LogP contribution is -2.01. The summed E-state index contributed by atoms with van der Waals surface area (Å²) in [7, 11) is 0. The van der Waals surface area contributed by atoms with Crippen LogP contribution in [0.1, 0.15) is 0 Å². The van der Waals surface area contributed by atoms with Crippen LogP contribution in [0.2, 0.25) is 0 Å². The Morgan fingerprint density at radius 3 is 3.09 bits per heavy atom. The minimum absolute atomic E-state index is 0.0799. The van der Waals surface area contributed by atoms with Crippen molar-refractivity contribution in [2.24, 2.45) is 0 Å². The molecule has 0 aliphatic heterocycles. The number of nitrogens with zero attached hydrogens (tertiary/aromatic N) is 1. The van der Waals surface area contributed by atoms with Gasteiger partial charge >= 0.3 is 0 Å². The van der Waals surface area contributed by atoms with Gasteiger partial charge in [0.25, 0.3) is 0 Å². The summed E-state index contributed by atoms with van der Waals surface area (Å²) < 4.78 is 0. The summed E-state index contributed by atoms with van der Waals surface area (Å²) in [6.45, 7) is 0. The summed E-state index contributed by atoms with van der Waals surface area (Å²) in [6, 6.07) is 5.02. The van der Waals surface area contributed by atoms with Gasteiger partial charge < -0.3 is 4.98 Å². The molecule has 0 saturated heterocycles. The summed E-state index contributed by atoms with van der Waals surface area (Å²) in [4.78, 5) is 17.4. The van der Waals surface area contributed by atoms with Gasteiger partial charge in [-0.1, -0.05) is 0 Å². The summed E-state index contributed by atoms with van der Waals surface area (Å²) in [5.41, 5.74) is 0.746. The van der Waals surface area contributed by atoms with Crippen molar-refractivity contribution in [3.63, 3.8) is 0 Å². The van der Waals surface area contributed by atoms with E-state index in [0.29, 0.717) is 0 Å². The Morgan fingerprint density at radius 1 is 1.27 bits per heavy atom. The molecule has 0 aliphatic rings. The number of rotatable bonds is 0. The third kappa shape index (κ3) is 1.00. The van der Waals surface area contributed by atoms with Crippen LogP contribution < -0.4 is 5.56 Å². The molecular weight excluding hydrogens is 140 g/mol. The van der Waals surface area contributed by atoms with E-state index < -0.39 is 0 Å². The average Bonchev–Trinajstić information content (AvgIpc) is 2.04. The van der Waals surface area contributed by atoms with Crippen molar-refractivity contribution in [1.29, 1.82) is 0 Å². The van der Waals surface area contributed by atoms with E-state index in [2.05, 4.69) is 9.97 Å². The molecule has 2 aromatic rings. The molecular formula is C8H6N2O. The fourth-order valence-corrected chi connectivity index (χ4v) is 0.993. The Hall–Kier alpha value is -1.64. The van der Waals surface area contributed by atoms with Gasteiger partial charge in [0.2, 0.25) is 5.56 Å². The number of hydrogen-bond acceptors (Lipinski definition) is 2. The first kappa shape index (κ1) is 6.09. The molecule has 2 rings (SSSR count). The second-order valence-corrected chi connectivity index (χ2v) is 2.29. The molecule has 0 saturated carbocycles. The van der Waals surface area contributed by atoms with Crippen molar-refractivity contribution in [2.75, 3.05) is 0 Å². The highest BCUT2D eigenvalue weighted by molar-refractivity contribution is 5.76. The highest BCUT2D eigenvalue weighted by Gasteiger charge is 1.90. The Labute approximate surface area is 62.7 Å². The Kier molecular flexibility index (Phi) is 1.22. The fourth-order valence-electron chi connectivity index (χ4n) is 0.993. The van der Waals surface area contributed by atoms with Crippen molar-refractivity contribution >= 4 is 10.9 Å². The van der Waals surface area contributed by atoms with Crippen molar-refractivity contribution in [3.8, 4) is 0 Å². The van der Waals surface area contributed by atoms with Gasteiger partial charge in [0, 0.05) is 23.8 Å². The number of aromatic amines is 1. The zero-order chi connectivity index (χ0) is 7.68. The molecule has 1 N–H and O–H groups in total. The summed E-state index contributed by atoms with van der Waals surface area (Å²) in [5.74, 6) is 0. The largest absolute Gasteiger partial charge is 0.322 e. The maximum absolute atomic E-state index is 10.8. The van der Waals surface area contributed by atoms with E-state index in [1.165, 1.54) is 6.07 Å². The molecule has 0 atom stereocenters. The smallest absolute Gasteiger partial charge is 0.248 e. The predicted molar refractivity (Wildman–Crippen MR) is 42.4 cm³/mol. The molecule has 3 heteroatoms. The normalized spacial score (nSPS) is 10.2. The molecule has 0 aromatic carbocycles. The number of nitrogens with one attached hydrogen (secondary N) is 1. The molecule has 0 aliphatic carbocycles. The minimum Gasteiger partial charge on any atom is -0.322 e. The van der Waals surface area contributed by atoms with Crippen LogP contribution in [0.4, 0.5) is 0 Å². The molecule has 0 spiro atoms. The van der Waals surface area contributed by atoms with E-state index in [0.717, 1.165) is 10.9 Å². The van der Waals surface area contributed by atoms with Crippen LogP contribution in [0, 0.1) is 0 Å². The topological polar surface area (TPSA) is 45.8 Å². The molecule has 2 aromatic heterocycles. The van der Waals surface area contributed by atoms with Gasteiger partial charge in [0.05, 0.1) is 5.52 Å². The molecule has 3 nitrogen and oxygen atoms in total. The first-order valence-electron chi connectivity index (χ1n) is 3.29. The standard InChI is InChI=1S/C8H6N2O/c11-8-2-1-6-5-9-4-3-7(6)10-8/h1-5H,(H,10,11). The minimum atomic E-state index is -0.0799. The van der Waals surface area contributed by atoms with Crippen LogP contribution in [-0.2, 0) is 0 Å². The molecule has 0 fully saturated rings. The lowest BCUT2D eigenvalue weighted by Gasteiger charge is -1.92. The lowest BCUT2D eigenvalue weighted by atomic mass is 10.3. The third-order valence-electron chi connectivity index (χ3n) is 1.52. The first-order chi connectivity index (χ1) is 5.36. The number of aromatic nitrogens is 2. The molecule has 0 unspecified atom stereocenters. The van der Waals surface area contributed by atoms with Gasteiger partial charge in [-0.3, -0.25) is 9.78 Å².